The summed E-state index contributed by atoms with van der Waals surface area (Å²) in [5, 5.41) is 2.24. The van der Waals surface area contributed by atoms with Crippen molar-refractivity contribution in [2.45, 2.75) is 37.7 Å². The molecule has 0 N–H and O–H groups in total. The summed E-state index contributed by atoms with van der Waals surface area (Å²) in [7, 11) is 0. The lowest BCUT2D eigenvalue weighted by atomic mass is 10.1. The van der Waals surface area contributed by atoms with Crippen molar-refractivity contribution in [3.05, 3.63) is 21.8 Å². The molecule has 0 bridgehead atoms. The molecule has 0 saturated carbocycles. The van der Waals surface area contributed by atoms with Gasteiger partial charge in [0.2, 0.25) is 5.91 Å². The van der Waals surface area contributed by atoms with Crippen LogP contribution in [0.2, 0.25) is 0 Å². The number of carbonyl (C=O) groups excluding carboxylic acids is 1. The van der Waals surface area contributed by atoms with Gasteiger partial charge < -0.3 is 9.64 Å². The number of ether oxygens (including phenoxy) is 1. The Hall–Kier alpha value is -1.38. The molecule has 3 heterocycles. The molecule has 3 rings (SSSR count). The molecule has 25 heavy (non-hydrogen) atoms. The molecule has 0 aromatic carbocycles. The summed E-state index contributed by atoms with van der Waals surface area (Å²) in [5.41, 5.74) is 0.690. The highest BCUT2D eigenvalue weighted by Crippen LogP contribution is 2.30. The topological polar surface area (TPSA) is 64.4 Å². The number of morpholine rings is 1. The van der Waals surface area contributed by atoms with Gasteiger partial charge in [0.1, 0.15) is 4.70 Å². The van der Waals surface area contributed by atoms with E-state index in [-0.39, 0.29) is 22.6 Å². The van der Waals surface area contributed by atoms with E-state index >= 15 is 0 Å². The minimum Gasteiger partial charge on any atom is -0.378 e. The van der Waals surface area contributed by atoms with Crippen LogP contribution in [0.4, 0.5) is 0 Å². The molecule has 0 radical (unpaired) electrons. The number of aromatic nitrogens is 2. The first-order valence-electron chi connectivity index (χ1n) is 8.54. The van der Waals surface area contributed by atoms with Gasteiger partial charge in [0.25, 0.3) is 5.56 Å². The molecule has 1 saturated heterocycles. The summed E-state index contributed by atoms with van der Waals surface area (Å²) in [6, 6.07) is 1.86. The number of thiophene rings is 1. The highest BCUT2D eigenvalue weighted by atomic mass is 32.2. The molecule has 2 aromatic rings. The fraction of sp³-hybridized carbons (Fsp3) is 0.588. The van der Waals surface area contributed by atoms with Crippen LogP contribution in [0.25, 0.3) is 10.2 Å². The van der Waals surface area contributed by atoms with E-state index < -0.39 is 0 Å². The van der Waals surface area contributed by atoms with E-state index in [0.29, 0.717) is 48.2 Å². The predicted molar refractivity (Wildman–Crippen MR) is 101 cm³/mol. The first-order valence-corrected chi connectivity index (χ1v) is 10.3. The second kappa shape index (κ2) is 7.88. The van der Waals surface area contributed by atoms with Gasteiger partial charge in [-0.2, -0.15) is 0 Å². The van der Waals surface area contributed by atoms with Crippen LogP contribution < -0.4 is 5.56 Å². The second-order valence-corrected chi connectivity index (χ2v) is 8.32. The van der Waals surface area contributed by atoms with Crippen LogP contribution in [0.15, 0.2) is 21.4 Å². The minimum absolute atomic E-state index is 0.0219. The van der Waals surface area contributed by atoms with E-state index in [1.165, 1.54) is 23.1 Å². The molecule has 1 aliphatic rings. The lowest BCUT2D eigenvalue weighted by Crippen LogP contribution is -2.46. The van der Waals surface area contributed by atoms with Crippen molar-refractivity contribution >= 4 is 39.2 Å². The second-order valence-electron chi connectivity index (χ2n) is 6.30. The highest BCUT2D eigenvalue weighted by Gasteiger charge is 2.30. The monoisotopic (exact) mass is 381 g/mol. The molecule has 6 nitrogen and oxygen atoms in total. The summed E-state index contributed by atoms with van der Waals surface area (Å²) in [5.74, 6) is 0.242. The minimum atomic E-state index is -0.265. The molecule has 2 aromatic heterocycles. The Morgan fingerprint density at radius 1 is 1.40 bits per heavy atom. The van der Waals surface area contributed by atoms with Gasteiger partial charge in [0.05, 0.1) is 24.0 Å². The predicted octanol–water partition coefficient (Wildman–Crippen LogP) is 2.45. The van der Waals surface area contributed by atoms with Crippen LogP contribution in [0, 0.1) is 5.92 Å². The maximum atomic E-state index is 13.0. The van der Waals surface area contributed by atoms with Crippen molar-refractivity contribution in [2.75, 3.05) is 26.3 Å². The van der Waals surface area contributed by atoms with Crippen molar-refractivity contribution in [3.8, 4) is 0 Å². The number of fused-ring (bicyclic) bond motifs is 1. The zero-order valence-corrected chi connectivity index (χ0v) is 16.4. The number of rotatable bonds is 5. The molecule has 1 unspecified atom stereocenters. The summed E-state index contributed by atoms with van der Waals surface area (Å²) in [6.45, 7) is 8.96. The Kier molecular flexibility index (Phi) is 5.81. The zero-order valence-electron chi connectivity index (χ0n) is 14.7. The molecule has 1 atom stereocenters. The Labute approximate surface area is 155 Å². The SMILES string of the molecule is CCn1c(SC(C(=O)N2CCOCC2)C(C)C)nc2ccsc2c1=O. The molecule has 0 spiro atoms. The summed E-state index contributed by atoms with van der Waals surface area (Å²) in [4.78, 5) is 32.2. The van der Waals surface area contributed by atoms with Crippen molar-refractivity contribution in [3.63, 3.8) is 0 Å². The normalized spacial score (nSPS) is 16.6. The summed E-state index contributed by atoms with van der Waals surface area (Å²) >= 11 is 2.82. The Balaban J connectivity index is 1.93. The molecule has 136 valence electrons. The maximum Gasteiger partial charge on any atom is 0.272 e. The van der Waals surface area contributed by atoms with Crippen LogP contribution in [-0.2, 0) is 16.1 Å². The summed E-state index contributed by atoms with van der Waals surface area (Å²) in [6.07, 6.45) is 0. The Morgan fingerprint density at radius 3 is 2.76 bits per heavy atom. The van der Waals surface area contributed by atoms with E-state index in [4.69, 9.17) is 4.74 Å². The number of carbonyl (C=O) groups is 1. The number of hydrogen-bond donors (Lipinski definition) is 0. The average Bonchev–Trinajstić information content (AvgIpc) is 3.08. The van der Waals surface area contributed by atoms with Crippen molar-refractivity contribution in [1.82, 2.24) is 14.5 Å². The van der Waals surface area contributed by atoms with E-state index in [1.807, 2.05) is 37.1 Å². The Bertz CT molecular complexity index is 809. The zero-order chi connectivity index (χ0) is 18.0. The van der Waals surface area contributed by atoms with Gasteiger partial charge in [-0.1, -0.05) is 25.6 Å². The van der Waals surface area contributed by atoms with Crippen LogP contribution >= 0.6 is 23.1 Å². The molecule has 8 heteroatoms. The summed E-state index contributed by atoms with van der Waals surface area (Å²) < 4.78 is 7.69. The van der Waals surface area contributed by atoms with Gasteiger partial charge in [0.15, 0.2) is 5.16 Å². The third-order valence-corrected chi connectivity index (χ3v) is 6.67. The van der Waals surface area contributed by atoms with Crippen LogP contribution in [0.1, 0.15) is 20.8 Å². The molecule has 1 aliphatic heterocycles. The number of amides is 1. The van der Waals surface area contributed by atoms with Gasteiger partial charge >= 0.3 is 0 Å². The van der Waals surface area contributed by atoms with Crippen LogP contribution in [0.3, 0.4) is 0 Å². The lowest BCUT2D eigenvalue weighted by Gasteiger charge is -2.31. The average molecular weight is 382 g/mol. The van der Waals surface area contributed by atoms with Gasteiger partial charge in [-0.15, -0.1) is 11.3 Å². The number of hydrogen-bond acceptors (Lipinski definition) is 6. The smallest absolute Gasteiger partial charge is 0.272 e. The van der Waals surface area contributed by atoms with Gasteiger partial charge in [-0.3, -0.25) is 14.2 Å². The number of thioether (sulfide) groups is 1. The highest BCUT2D eigenvalue weighted by molar-refractivity contribution is 8.00. The first kappa shape index (κ1) is 18.4. The third kappa shape index (κ3) is 3.75. The fourth-order valence-corrected chi connectivity index (χ4v) is 4.86. The molecular weight excluding hydrogens is 358 g/mol. The lowest BCUT2D eigenvalue weighted by molar-refractivity contribution is -0.135. The van der Waals surface area contributed by atoms with Crippen LogP contribution in [-0.4, -0.2) is 51.9 Å². The quantitative estimate of drug-likeness (QED) is 0.588. The largest absolute Gasteiger partial charge is 0.378 e. The van der Waals surface area contributed by atoms with Gasteiger partial charge in [-0.05, 0) is 24.3 Å². The van der Waals surface area contributed by atoms with Gasteiger partial charge in [0, 0.05) is 19.6 Å². The van der Waals surface area contributed by atoms with E-state index in [0.717, 1.165) is 0 Å². The molecule has 1 fully saturated rings. The van der Waals surface area contributed by atoms with Crippen molar-refractivity contribution < 1.29 is 9.53 Å². The standard InChI is InChI=1S/C17H23N3O3S2/c1-4-20-16(22)14-12(5-10-24-14)18-17(20)25-13(11(2)3)15(21)19-6-8-23-9-7-19/h5,10-11,13H,4,6-9H2,1-3H3. The molecular formula is C17H23N3O3S2. The third-order valence-electron chi connectivity index (χ3n) is 4.25. The Morgan fingerprint density at radius 2 is 2.12 bits per heavy atom. The number of nitrogens with zero attached hydrogens (tertiary/aromatic N) is 3. The van der Waals surface area contributed by atoms with E-state index in [9.17, 15) is 9.59 Å². The van der Waals surface area contributed by atoms with Crippen molar-refractivity contribution in [1.29, 1.82) is 0 Å². The van der Waals surface area contributed by atoms with Crippen LogP contribution in [0.5, 0.6) is 0 Å². The molecule has 1 amide bonds. The fourth-order valence-electron chi connectivity index (χ4n) is 2.84. The first-order chi connectivity index (χ1) is 12.0. The van der Waals surface area contributed by atoms with E-state index in [1.54, 1.807) is 4.57 Å². The van der Waals surface area contributed by atoms with E-state index in [2.05, 4.69) is 4.98 Å². The van der Waals surface area contributed by atoms with Gasteiger partial charge in [-0.25, -0.2) is 4.98 Å². The molecule has 0 aliphatic carbocycles. The van der Waals surface area contributed by atoms with Crippen molar-refractivity contribution in [2.24, 2.45) is 5.92 Å². The maximum absolute atomic E-state index is 13.0.